The molecule has 25 heavy (non-hydrogen) atoms. The van der Waals surface area contributed by atoms with Gasteiger partial charge in [0.1, 0.15) is 5.75 Å². The van der Waals surface area contributed by atoms with Gasteiger partial charge >= 0.3 is 0 Å². The topological polar surface area (TPSA) is 55.6 Å². The Hall–Kier alpha value is -1.26. The van der Waals surface area contributed by atoms with Gasteiger partial charge in [0.05, 0.1) is 12.5 Å². The monoisotopic (exact) mass is 366 g/mol. The van der Waals surface area contributed by atoms with Crippen molar-refractivity contribution < 1.29 is 9.53 Å². The second-order valence-corrected chi connectivity index (χ2v) is 7.97. The number of benzene rings is 1. The Morgan fingerprint density at radius 1 is 1.28 bits per heavy atom. The normalized spacial score (nSPS) is 24.9. The van der Waals surface area contributed by atoms with E-state index < -0.39 is 0 Å². The molecule has 4 nitrogen and oxygen atoms in total. The third-order valence-electron chi connectivity index (χ3n) is 6.17. The standard InChI is InChI=1S/C20H30N2O2.ClH/c1-15-6-7-16(12-17(15)24-3)20(8-4-5-9-20)18(23)22-11-10-19(2,13-21)14-22;/h6-7,12H,4-5,8-11,13-14,21H2,1-3H3;1H. The number of hydrogen-bond donors (Lipinski definition) is 1. The van der Waals surface area contributed by atoms with E-state index in [9.17, 15) is 4.79 Å². The molecular formula is C20H31ClN2O2. The number of carbonyl (C=O) groups is 1. The minimum atomic E-state index is -0.374. The zero-order valence-electron chi connectivity index (χ0n) is 15.6. The fourth-order valence-electron chi connectivity index (χ4n) is 4.39. The van der Waals surface area contributed by atoms with Gasteiger partial charge in [0.15, 0.2) is 0 Å². The van der Waals surface area contributed by atoms with Crippen LogP contribution in [0.4, 0.5) is 0 Å². The van der Waals surface area contributed by atoms with Gasteiger partial charge in [-0.2, -0.15) is 0 Å². The van der Waals surface area contributed by atoms with Gasteiger partial charge in [-0.15, -0.1) is 12.4 Å². The number of nitrogens with zero attached hydrogens (tertiary/aromatic N) is 1. The molecule has 0 spiro atoms. The Bertz CT molecular complexity index is 628. The van der Waals surface area contributed by atoms with Crippen LogP contribution < -0.4 is 10.5 Å². The summed E-state index contributed by atoms with van der Waals surface area (Å²) in [7, 11) is 1.70. The van der Waals surface area contributed by atoms with E-state index in [1.807, 2.05) is 6.92 Å². The molecule has 1 aromatic carbocycles. The van der Waals surface area contributed by atoms with E-state index in [1.165, 1.54) is 0 Å². The van der Waals surface area contributed by atoms with Crippen molar-refractivity contribution in [2.24, 2.45) is 11.1 Å². The SMILES string of the molecule is COc1cc(C2(C(=O)N3CCC(C)(CN)C3)CCCC2)ccc1C.Cl. The fourth-order valence-corrected chi connectivity index (χ4v) is 4.39. The van der Waals surface area contributed by atoms with E-state index in [4.69, 9.17) is 10.5 Å². The third-order valence-corrected chi connectivity index (χ3v) is 6.17. The molecule has 5 heteroatoms. The van der Waals surface area contributed by atoms with Crippen molar-refractivity contribution in [1.82, 2.24) is 4.90 Å². The molecule has 1 saturated carbocycles. The van der Waals surface area contributed by atoms with E-state index >= 15 is 0 Å². The van der Waals surface area contributed by atoms with Crippen LogP contribution in [0.25, 0.3) is 0 Å². The van der Waals surface area contributed by atoms with Crippen molar-refractivity contribution in [3.05, 3.63) is 29.3 Å². The van der Waals surface area contributed by atoms with Gasteiger partial charge in [0, 0.05) is 13.1 Å². The molecule has 1 aromatic rings. The lowest BCUT2D eigenvalue weighted by Gasteiger charge is -2.34. The molecule has 2 aliphatic rings. The molecule has 1 aliphatic heterocycles. The van der Waals surface area contributed by atoms with Crippen LogP contribution in [-0.2, 0) is 10.2 Å². The van der Waals surface area contributed by atoms with Crippen LogP contribution in [-0.4, -0.2) is 37.6 Å². The minimum Gasteiger partial charge on any atom is -0.496 e. The third kappa shape index (κ3) is 3.52. The molecule has 1 saturated heterocycles. The molecule has 2 fully saturated rings. The predicted molar refractivity (Wildman–Crippen MR) is 103 cm³/mol. The first-order chi connectivity index (χ1) is 11.4. The van der Waals surface area contributed by atoms with Crippen molar-refractivity contribution in [3.63, 3.8) is 0 Å². The second-order valence-electron chi connectivity index (χ2n) is 7.97. The Labute approximate surface area is 157 Å². The summed E-state index contributed by atoms with van der Waals surface area (Å²) < 4.78 is 5.50. The van der Waals surface area contributed by atoms with Crippen LogP contribution in [0.15, 0.2) is 18.2 Å². The summed E-state index contributed by atoms with van der Waals surface area (Å²) in [5.41, 5.74) is 7.85. The van der Waals surface area contributed by atoms with E-state index in [1.54, 1.807) is 7.11 Å². The summed E-state index contributed by atoms with van der Waals surface area (Å²) in [5, 5.41) is 0. The molecule has 1 unspecified atom stereocenters. The smallest absolute Gasteiger partial charge is 0.233 e. The summed E-state index contributed by atoms with van der Waals surface area (Å²) in [6.07, 6.45) is 5.11. The predicted octanol–water partition coefficient (Wildman–Crippen LogP) is 3.43. The van der Waals surface area contributed by atoms with Crippen LogP contribution in [0.1, 0.15) is 50.2 Å². The molecule has 140 valence electrons. The van der Waals surface area contributed by atoms with Crippen LogP contribution in [0.2, 0.25) is 0 Å². The number of likely N-dealkylation sites (tertiary alicyclic amines) is 1. The Kier molecular flexibility index (Phi) is 6.05. The molecular weight excluding hydrogens is 336 g/mol. The molecule has 0 radical (unpaired) electrons. The number of ether oxygens (including phenoxy) is 1. The zero-order chi connectivity index (χ0) is 17.4. The number of methoxy groups -OCH3 is 1. The Balaban J connectivity index is 0.00000225. The van der Waals surface area contributed by atoms with Crippen molar-refractivity contribution in [2.75, 3.05) is 26.7 Å². The van der Waals surface area contributed by atoms with Gasteiger partial charge in [0.25, 0.3) is 0 Å². The lowest BCUT2D eigenvalue weighted by molar-refractivity contribution is -0.136. The molecule has 1 amide bonds. The van der Waals surface area contributed by atoms with Crippen LogP contribution in [0.5, 0.6) is 5.75 Å². The average molecular weight is 367 g/mol. The molecule has 2 N–H and O–H groups in total. The van der Waals surface area contributed by atoms with Gasteiger partial charge in [-0.1, -0.05) is 31.9 Å². The maximum absolute atomic E-state index is 13.5. The van der Waals surface area contributed by atoms with Gasteiger partial charge in [-0.3, -0.25) is 4.79 Å². The molecule has 1 heterocycles. The van der Waals surface area contributed by atoms with Crippen molar-refractivity contribution >= 4 is 18.3 Å². The minimum absolute atomic E-state index is 0. The van der Waals surface area contributed by atoms with E-state index in [2.05, 4.69) is 30.0 Å². The highest BCUT2D eigenvalue weighted by atomic mass is 35.5. The lowest BCUT2D eigenvalue weighted by atomic mass is 9.77. The highest BCUT2D eigenvalue weighted by molar-refractivity contribution is 5.89. The number of hydrogen-bond acceptors (Lipinski definition) is 3. The maximum Gasteiger partial charge on any atom is 0.233 e. The summed E-state index contributed by atoms with van der Waals surface area (Å²) >= 11 is 0. The maximum atomic E-state index is 13.5. The fraction of sp³-hybridized carbons (Fsp3) is 0.650. The van der Waals surface area contributed by atoms with Crippen molar-refractivity contribution in [2.45, 2.75) is 51.4 Å². The van der Waals surface area contributed by atoms with E-state index in [-0.39, 0.29) is 23.2 Å². The largest absolute Gasteiger partial charge is 0.496 e. The molecule has 3 rings (SSSR count). The highest BCUT2D eigenvalue weighted by Gasteiger charge is 2.47. The second kappa shape index (κ2) is 7.55. The number of carbonyl (C=O) groups excluding carboxylic acids is 1. The first-order valence-electron chi connectivity index (χ1n) is 9.09. The number of rotatable bonds is 4. The van der Waals surface area contributed by atoms with Gasteiger partial charge in [-0.05, 0) is 55.3 Å². The quantitative estimate of drug-likeness (QED) is 0.888. The number of nitrogens with two attached hydrogens (primary N) is 1. The van der Waals surface area contributed by atoms with Crippen LogP contribution in [0, 0.1) is 12.3 Å². The van der Waals surface area contributed by atoms with Gasteiger partial charge in [0.2, 0.25) is 5.91 Å². The van der Waals surface area contributed by atoms with Gasteiger partial charge in [-0.25, -0.2) is 0 Å². The Morgan fingerprint density at radius 2 is 1.96 bits per heavy atom. The molecule has 0 aromatic heterocycles. The molecule has 1 atom stereocenters. The molecule has 0 bridgehead atoms. The van der Waals surface area contributed by atoms with Crippen molar-refractivity contribution in [3.8, 4) is 5.75 Å². The lowest BCUT2D eigenvalue weighted by Crippen LogP contribution is -2.45. The first-order valence-corrected chi connectivity index (χ1v) is 9.09. The summed E-state index contributed by atoms with van der Waals surface area (Å²) in [6, 6.07) is 6.28. The van der Waals surface area contributed by atoms with Crippen LogP contribution >= 0.6 is 12.4 Å². The average Bonchev–Trinajstić information content (AvgIpc) is 3.23. The zero-order valence-corrected chi connectivity index (χ0v) is 16.5. The van der Waals surface area contributed by atoms with Crippen LogP contribution in [0.3, 0.4) is 0 Å². The van der Waals surface area contributed by atoms with E-state index in [0.717, 1.165) is 62.1 Å². The summed E-state index contributed by atoms with van der Waals surface area (Å²) in [5.74, 6) is 1.17. The summed E-state index contributed by atoms with van der Waals surface area (Å²) in [4.78, 5) is 15.6. The number of amides is 1. The number of aryl methyl sites for hydroxylation is 1. The highest BCUT2D eigenvalue weighted by Crippen LogP contribution is 2.45. The molecule has 1 aliphatic carbocycles. The number of halogens is 1. The van der Waals surface area contributed by atoms with Gasteiger partial charge < -0.3 is 15.4 Å². The van der Waals surface area contributed by atoms with Crippen molar-refractivity contribution in [1.29, 1.82) is 0 Å². The Morgan fingerprint density at radius 3 is 2.52 bits per heavy atom. The summed E-state index contributed by atoms with van der Waals surface area (Å²) in [6.45, 7) is 6.49. The first kappa shape index (κ1) is 20.1. The van der Waals surface area contributed by atoms with E-state index in [0.29, 0.717) is 12.5 Å².